The molecule has 0 radical (unpaired) electrons. The van der Waals surface area contributed by atoms with Gasteiger partial charge in [0.05, 0.1) is 0 Å². The van der Waals surface area contributed by atoms with Crippen molar-refractivity contribution in [1.29, 1.82) is 0 Å². The van der Waals surface area contributed by atoms with E-state index in [1.807, 2.05) is 18.2 Å². The Bertz CT molecular complexity index is 705. The van der Waals surface area contributed by atoms with Crippen molar-refractivity contribution >= 4 is 21.8 Å². The van der Waals surface area contributed by atoms with Gasteiger partial charge in [0.15, 0.2) is 11.6 Å². The van der Waals surface area contributed by atoms with Crippen LogP contribution in [0.5, 0.6) is 5.75 Å². The van der Waals surface area contributed by atoms with Gasteiger partial charge in [0.1, 0.15) is 0 Å². The molecule has 4 nitrogen and oxygen atoms in total. The summed E-state index contributed by atoms with van der Waals surface area (Å²) in [6.45, 7) is 1.61. The number of amides is 1. The van der Waals surface area contributed by atoms with E-state index in [1.54, 1.807) is 18.2 Å². The molecule has 6 heteroatoms. The number of ether oxygens (including phenoxy) is 1. The second-order valence-electron chi connectivity index (χ2n) is 5.68. The van der Waals surface area contributed by atoms with Crippen molar-refractivity contribution < 1.29 is 13.9 Å². The molecule has 24 heavy (non-hydrogen) atoms. The highest BCUT2D eigenvalue weighted by Gasteiger charge is 2.27. The molecular formula is C18H18BrFN2O2. The van der Waals surface area contributed by atoms with Crippen LogP contribution < -0.4 is 15.4 Å². The average molecular weight is 393 g/mol. The third-order valence-corrected chi connectivity index (χ3v) is 4.38. The van der Waals surface area contributed by atoms with Gasteiger partial charge in [-0.15, -0.1) is 0 Å². The normalized spacial score (nSPS) is 18.2. The quantitative estimate of drug-likeness (QED) is 0.821. The van der Waals surface area contributed by atoms with Crippen molar-refractivity contribution in [3.8, 4) is 5.75 Å². The van der Waals surface area contributed by atoms with Gasteiger partial charge in [-0.3, -0.25) is 4.79 Å². The second-order valence-corrected chi connectivity index (χ2v) is 6.60. The topological polar surface area (TPSA) is 50.4 Å². The zero-order chi connectivity index (χ0) is 16.9. The van der Waals surface area contributed by atoms with Gasteiger partial charge in [-0.1, -0.05) is 46.3 Å². The van der Waals surface area contributed by atoms with Gasteiger partial charge in [0.2, 0.25) is 6.10 Å². The smallest absolute Gasteiger partial charge is 0.266 e. The number of carbonyl (C=O) groups excluding carboxylic acids is 1. The average Bonchev–Trinajstić information content (AvgIpc) is 3.08. The first-order valence-electron chi connectivity index (χ1n) is 7.81. The fourth-order valence-electron chi connectivity index (χ4n) is 2.65. The van der Waals surface area contributed by atoms with Crippen molar-refractivity contribution in [3.63, 3.8) is 0 Å². The van der Waals surface area contributed by atoms with Gasteiger partial charge >= 0.3 is 0 Å². The molecule has 2 unspecified atom stereocenters. The molecule has 2 atom stereocenters. The maximum atomic E-state index is 14.1. The Morgan fingerprint density at radius 2 is 2.08 bits per heavy atom. The lowest BCUT2D eigenvalue weighted by molar-refractivity contribution is -0.129. The molecular weight excluding hydrogens is 375 g/mol. The van der Waals surface area contributed by atoms with E-state index >= 15 is 0 Å². The van der Waals surface area contributed by atoms with Crippen molar-refractivity contribution in [3.05, 3.63) is 64.4 Å². The largest absolute Gasteiger partial charge is 0.473 e. The number of nitrogens with one attached hydrogen (secondary N) is 2. The molecule has 0 saturated carbocycles. The summed E-state index contributed by atoms with van der Waals surface area (Å²) >= 11 is 3.21. The molecule has 1 heterocycles. The lowest BCUT2D eigenvalue weighted by atomic mass is 10.1. The molecule has 2 N–H and O–H groups in total. The van der Waals surface area contributed by atoms with Gasteiger partial charge < -0.3 is 15.4 Å². The van der Waals surface area contributed by atoms with E-state index < -0.39 is 11.9 Å². The minimum atomic E-state index is -0.900. The Kier molecular flexibility index (Phi) is 5.48. The maximum absolute atomic E-state index is 14.1. The first-order valence-corrected chi connectivity index (χ1v) is 8.60. The molecule has 0 aliphatic carbocycles. The summed E-state index contributed by atoms with van der Waals surface area (Å²) in [5, 5.41) is 6.17. The molecule has 3 rings (SSSR count). The van der Waals surface area contributed by atoms with E-state index in [-0.39, 0.29) is 17.7 Å². The number of hydrogen-bond donors (Lipinski definition) is 2. The summed E-state index contributed by atoms with van der Waals surface area (Å²) in [4.78, 5) is 12.7. The lowest BCUT2D eigenvalue weighted by Crippen LogP contribution is -2.40. The van der Waals surface area contributed by atoms with Crippen molar-refractivity contribution in [2.45, 2.75) is 18.6 Å². The van der Waals surface area contributed by atoms with Crippen LogP contribution in [0.1, 0.15) is 18.1 Å². The van der Waals surface area contributed by atoms with Gasteiger partial charge in [0, 0.05) is 22.6 Å². The maximum Gasteiger partial charge on any atom is 0.266 e. The zero-order valence-corrected chi connectivity index (χ0v) is 14.6. The molecule has 2 aromatic rings. The summed E-state index contributed by atoms with van der Waals surface area (Å²) in [5.41, 5.74) is 0.684. The fraction of sp³-hybridized carbons (Fsp3) is 0.278. The number of rotatable bonds is 5. The van der Waals surface area contributed by atoms with Crippen LogP contribution in [0.3, 0.4) is 0 Å². The van der Waals surface area contributed by atoms with E-state index in [2.05, 4.69) is 26.6 Å². The molecule has 1 saturated heterocycles. The Hall–Kier alpha value is -1.92. The van der Waals surface area contributed by atoms with Crippen molar-refractivity contribution in [2.75, 3.05) is 13.1 Å². The molecule has 0 aromatic heterocycles. The van der Waals surface area contributed by atoms with Crippen LogP contribution in [0.25, 0.3) is 0 Å². The first kappa shape index (κ1) is 16.9. The minimum Gasteiger partial charge on any atom is -0.473 e. The van der Waals surface area contributed by atoms with Gasteiger partial charge in [0.25, 0.3) is 5.91 Å². The molecule has 0 bridgehead atoms. The SMILES string of the molecule is O=C(NC1CCNC1)C(Oc1ccc(Br)cc1F)c1ccccc1. The van der Waals surface area contributed by atoms with E-state index in [1.165, 1.54) is 12.1 Å². The Labute approximate surface area is 148 Å². The van der Waals surface area contributed by atoms with E-state index in [0.717, 1.165) is 19.5 Å². The lowest BCUT2D eigenvalue weighted by Gasteiger charge is -2.21. The molecule has 1 aliphatic heterocycles. The highest BCUT2D eigenvalue weighted by Crippen LogP contribution is 2.27. The number of halogens is 2. The Balaban J connectivity index is 1.82. The standard InChI is InChI=1S/C18H18BrFN2O2/c19-13-6-7-16(15(20)10-13)24-17(12-4-2-1-3-5-12)18(23)22-14-8-9-21-11-14/h1-7,10,14,17,21H,8-9,11H2,(H,22,23). The Morgan fingerprint density at radius 1 is 1.29 bits per heavy atom. The summed E-state index contributed by atoms with van der Waals surface area (Å²) in [5.74, 6) is -0.732. The van der Waals surface area contributed by atoms with Crippen LogP contribution in [0.2, 0.25) is 0 Å². The highest BCUT2D eigenvalue weighted by atomic mass is 79.9. The van der Waals surface area contributed by atoms with Crippen LogP contribution in [-0.4, -0.2) is 25.0 Å². The monoisotopic (exact) mass is 392 g/mol. The van der Waals surface area contributed by atoms with Gasteiger partial charge in [-0.05, 0) is 31.2 Å². The minimum absolute atomic E-state index is 0.0479. The molecule has 1 aliphatic rings. The molecule has 126 valence electrons. The second kappa shape index (κ2) is 7.77. The molecule has 0 spiro atoms. The predicted octanol–water partition coefficient (Wildman–Crippen LogP) is 3.19. The number of hydrogen-bond acceptors (Lipinski definition) is 3. The van der Waals surface area contributed by atoms with Crippen LogP contribution in [0.15, 0.2) is 53.0 Å². The molecule has 1 fully saturated rings. The van der Waals surface area contributed by atoms with Crippen LogP contribution in [-0.2, 0) is 4.79 Å². The number of benzene rings is 2. The molecule has 2 aromatic carbocycles. The third kappa shape index (κ3) is 4.13. The van der Waals surface area contributed by atoms with E-state index in [9.17, 15) is 9.18 Å². The first-order chi connectivity index (χ1) is 11.6. The van der Waals surface area contributed by atoms with E-state index in [0.29, 0.717) is 10.0 Å². The summed E-state index contributed by atoms with van der Waals surface area (Å²) < 4.78 is 20.4. The van der Waals surface area contributed by atoms with Crippen molar-refractivity contribution in [2.24, 2.45) is 0 Å². The predicted molar refractivity (Wildman–Crippen MR) is 93.3 cm³/mol. The third-order valence-electron chi connectivity index (χ3n) is 3.89. The summed E-state index contributed by atoms with van der Waals surface area (Å²) in [6, 6.07) is 13.7. The zero-order valence-electron chi connectivity index (χ0n) is 13.0. The highest BCUT2D eigenvalue weighted by molar-refractivity contribution is 9.10. The fourth-order valence-corrected chi connectivity index (χ4v) is 2.99. The van der Waals surface area contributed by atoms with Crippen molar-refractivity contribution in [1.82, 2.24) is 10.6 Å². The summed E-state index contributed by atoms with van der Waals surface area (Å²) in [7, 11) is 0. The van der Waals surface area contributed by atoms with Gasteiger partial charge in [-0.25, -0.2) is 4.39 Å². The van der Waals surface area contributed by atoms with E-state index in [4.69, 9.17) is 4.74 Å². The Morgan fingerprint density at radius 3 is 2.75 bits per heavy atom. The number of carbonyl (C=O) groups is 1. The summed E-state index contributed by atoms with van der Waals surface area (Å²) in [6.07, 6.45) is -0.0256. The molecule has 1 amide bonds. The van der Waals surface area contributed by atoms with Crippen LogP contribution in [0, 0.1) is 5.82 Å². The van der Waals surface area contributed by atoms with Crippen LogP contribution >= 0.6 is 15.9 Å². The van der Waals surface area contributed by atoms with Gasteiger partial charge in [-0.2, -0.15) is 0 Å². The van der Waals surface area contributed by atoms with Crippen LogP contribution in [0.4, 0.5) is 4.39 Å².